The van der Waals surface area contributed by atoms with Crippen molar-refractivity contribution in [3.05, 3.63) is 17.2 Å². The molecule has 0 spiro atoms. The molecule has 0 unspecified atom stereocenters. The standard InChI is InChI=1S/C15H18ClN3O4.ClH/c1-22-15(2-4-17-5-3-15)14(21)19-10-7-12-11(6-9(10)16)18-13(20)8-23-12;/h6-7,17H,2-5,8H2,1H3,(H,18,20)(H,19,21);1H. The Morgan fingerprint density at radius 3 is 2.75 bits per heavy atom. The van der Waals surface area contributed by atoms with Crippen molar-refractivity contribution in [2.24, 2.45) is 0 Å². The number of hydrogen-bond donors (Lipinski definition) is 3. The molecule has 2 amide bonds. The number of anilines is 2. The third-order valence-electron chi connectivity index (χ3n) is 4.17. The van der Waals surface area contributed by atoms with E-state index in [0.717, 1.165) is 0 Å². The monoisotopic (exact) mass is 375 g/mol. The molecule has 0 radical (unpaired) electrons. The van der Waals surface area contributed by atoms with Crippen LogP contribution in [-0.4, -0.2) is 44.2 Å². The largest absolute Gasteiger partial charge is 0.482 e. The van der Waals surface area contributed by atoms with Gasteiger partial charge in [-0.15, -0.1) is 12.4 Å². The van der Waals surface area contributed by atoms with Crippen LogP contribution in [0.3, 0.4) is 0 Å². The molecule has 7 nitrogen and oxygen atoms in total. The van der Waals surface area contributed by atoms with Crippen molar-refractivity contribution >= 4 is 47.2 Å². The highest BCUT2D eigenvalue weighted by Gasteiger charge is 2.40. The lowest BCUT2D eigenvalue weighted by atomic mass is 9.91. The van der Waals surface area contributed by atoms with Crippen LogP contribution in [0.1, 0.15) is 12.8 Å². The zero-order valence-electron chi connectivity index (χ0n) is 13.1. The van der Waals surface area contributed by atoms with Crippen LogP contribution in [0, 0.1) is 0 Å². The third-order valence-corrected chi connectivity index (χ3v) is 4.48. The topological polar surface area (TPSA) is 88.7 Å². The van der Waals surface area contributed by atoms with Gasteiger partial charge in [0.2, 0.25) is 0 Å². The minimum atomic E-state index is -0.862. The Morgan fingerprint density at radius 1 is 1.38 bits per heavy atom. The molecule has 132 valence electrons. The van der Waals surface area contributed by atoms with Crippen LogP contribution in [0.15, 0.2) is 12.1 Å². The van der Waals surface area contributed by atoms with Crippen molar-refractivity contribution in [3.63, 3.8) is 0 Å². The molecule has 0 aromatic heterocycles. The average Bonchev–Trinajstić information content (AvgIpc) is 2.56. The summed E-state index contributed by atoms with van der Waals surface area (Å²) in [6, 6.07) is 3.17. The van der Waals surface area contributed by atoms with Crippen LogP contribution in [0.4, 0.5) is 11.4 Å². The molecule has 9 heteroatoms. The Balaban J connectivity index is 0.00000208. The van der Waals surface area contributed by atoms with Crippen LogP contribution >= 0.6 is 24.0 Å². The average molecular weight is 376 g/mol. The molecule has 2 aliphatic rings. The molecule has 1 aromatic rings. The van der Waals surface area contributed by atoms with Crippen LogP contribution in [-0.2, 0) is 14.3 Å². The molecule has 3 N–H and O–H groups in total. The molecule has 1 fully saturated rings. The van der Waals surface area contributed by atoms with Gasteiger partial charge in [-0.1, -0.05) is 11.6 Å². The zero-order valence-corrected chi connectivity index (χ0v) is 14.7. The summed E-state index contributed by atoms with van der Waals surface area (Å²) >= 11 is 6.21. The van der Waals surface area contributed by atoms with Crippen molar-refractivity contribution in [2.75, 3.05) is 37.4 Å². The molecular formula is C15H19Cl2N3O4. The highest BCUT2D eigenvalue weighted by atomic mass is 35.5. The number of halogens is 2. The van der Waals surface area contributed by atoms with E-state index >= 15 is 0 Å². The number of hydrogen-bond acceptors (Lipinski definition) is 5. The van der Waals surface area contributed by atoms with Crippen LogP contribution < -0.4 is 20.7 Å². The number of amides is 2. The molecule has 0 bridgehead atoms. The van der Waals surface area contributed by atoms with Crippen LogP contribution in [0.5, 0.6) is 5.75 Å². The SMILES string of the molecule is COC1(C(=O)Nc2cc3c(cc2Cl)NC(=O)CO3)CCNCC1.Cl. The Labute approximate surface area is 150 Å². The fourth-order valence-electron chi connectivity index (χ4n) is 2.79. The maximum absolute atomic E-state index is 12.7. The lowest BCUT2D eigenvalue weighted by Gasteiger charge is -2.35. The van der Waals surface area contributed by atoms with E-state index in [9.17, 15) is 9.59 Å². The molecule has 1 aromatic carbocycles. The van der Waals surface area contributed by atoms with Gasteiger partial charge in [-0.2, -0.15) is 0 Å². The third kappa shape index (κ3) is 3.59. The second kappa shape index (κ2) is 7.57. The summed E-state index contributed by atoms with van der Waals surface area (Å²) in [5.41, 5.74) is 0.0635. The first-order chi connectivity index (χ1) is 11.0. The van der Waals surface area contributed by atoms with Gasteiger partial charge in [0.25, 0.3) is 11.8 Å². The van der Waals surface area contributed by atoms with Gasteiger partial charge in [0, 0.05) is 13.2 Å². The number of nitrogens with one attached hydrogen (secondary N) is 3. The summed E-state index contributed by atoms with van der Waals surface area (Å²) in [5, 5.41) is 9.01. The Bertz CT molecular complexity index is 648. The summed E-state index contributed by atoms with van der Waals surface area (Å²) in [6.07, 6.45) is 1.18. The van der Waals surface area contributed by atoms with Crippen molar-refractivity contribution in [1.29, 1.82) is 0 Å². The Hall–Kier alpha value is -1.54. The number of fused-ring (bicyclic) bond motifs is 1. The molecule has 2 aliphatic heterocycles. The maximum atomic E-state index is 12.7. The van der Waals surface area contributed by atoms with Crippen molar-refractivity contribution in [1.82, 2.24) is 5.32 Å². The second-order valence-electron chi connectivity index (χ2n) is 5.57. The van der Waals surface area contributed by atoms with E-state index in [-0.39, 0.29) is 30.8 Å². The molecule has 3 rings (SSSR count). The van der Waals surface area contributed by atoms with Gasteiger partial charge in [-0.25, -0.2) is 0 Å². The molecule has 1 saturated heterocycles. The number of rotatable bonds is 3. The van der Waals surface area contributed by atoms with E-state index < -0.39 is 5.60 Å². The van der Waals surface area contributed by atoms with E-state index in [1.807, 2.05) is 0 Å². The summed E-state index contributed by atoms with van der Waals surface area (Å²) in [6.45, 7) is 1.37. The number of carbonyl (C=O) groups excluding carboxylic acids is 2. The van der Waals surface area contributed by atoms with Crippen molar-refractivity contribution in [2.45, 2.75) is 18.4 Å². The molecule has 0 atom stereocenters. The minimum Gasteiger partial charge on any atom is -0.482 e. The summed E-state index contributed by atoms with van der Waals surface area (Å²) in [7, 11) is 1.54. The fraction of sp³-hybridized carbons (Fsp3) is 0.467. The summed E-state index contributed by atoms with van der Waals surface area (Å²) in [4.78, 5) is 24.0. The highest BCUT2D eigenvalue weighted by Crippen LogP contribution is 2.37. The maximum Gasteiger partial charge on any atom is 0.262 e. The van der Waals surface area contributed by atoms with Gasteiger partial charge in [0.15, 0.2) is 6.61 Å². The number of ether oxygens (including phenoxy) is 2. The van der Waals surface area contributed by atoms with E-state index in [4.69, 9.17) is 21.1 Å². The van der Waals surface area contributed by atoms with Gasteiger partial charge in [-0.05, 0) is 32.0 Å². The minimum absolute atomic E-state index is 0. The van der Waals surface area contributed by atoms with Crippen LogP contribution in [0.2, 0.25) is 5.02 Å². The second-order valence-corrected chi connectivity index (χ2v) is 5.97. The van der Waals surface area contributed by atoms with E-state index in [1.54, 1.807) is 12.1 Å². The zero-order chi connectivity index (χ0) is 16.4. The van der Waals surface area contributed by atoms with E-state index in [0.29, 0.717) is 48.1 Å². The lowest BCUT2D eigenvalue weighted by Crippen LogP contribution is -2.51. The molecule has 0 aliphatic carbocycles. The first kappa shape index (κ1) is 18.8. The highest BCUT2D eigenvalue weighted by molar-refractivity contribution is 6.34. The van der Waals surface area contributed by atoms with Gasteiger partial charge in [-0.3, -0.25) is 9.59 Å². The Morgan fingerprint density at radius 2 is 2.08 bits per heavy atom. The molecule has 2 heterocycles. The van der Waals surface area contributed by atoms with Gasteiger partial charge < -0.3 is 25.4 Å². The van der Waals surface area contributed by atoms with Crippen molar-refractivity contribution < 1.29 is 19.1 Å². The van der Waals surface area contributed by atoms with Gasteiger partial charge in [0.05, 0.1) is 16.4 Å². The molecular weight excluding hydrogens is 357 g/mol. The fourth-order valence-corrected chi connectivity index (χ4v) is 3.00. The molecule has 0 saturated carbocycles. The number of methoxy groups -OCH3 is 1. The summed E-state index contributed by atoms with van der Waals surface area (Å²) in [5.74, 6) is 0.00247. The predicted molar refractivity (Wildman–Crippen MR) is 93.3 cm³/mol. The molecule has 24 heavy (non-hydrogen) atoms. The van der Waals surface area contributed by atoms with Crippen molar-refractivity contribution in [3.8, 4) is 5.75 Å². The predicted octanol–water partition coefficient (Wildman–Crippen LogP) is 1.80. The van der Waals surface area contributed by atoms with Crippen LogP contribution in [0.25, 0.3) is 0 Å². The number of benzene rings is 1. The Kier molecular flexibility index (Phi) is 5.92. The van der Waals surface area contributed by atoms with E-state index in [2.05, 4.69) is 16.0 Å². The first-order valence-corrected chi connectivity index (χ1v) is 7.75. The van der Waals surface area contributed by atoms with Gasteiger partial charge >= 0.3 is 0 Å². The summed E-state index contributed by atoms with van der Waals surface area (Å²) < 4.78 is 10.8. The number of piperidine rings is 1. The first-order valence-electron chi connectivity index (χ1n) is 7.37. The quantitative estimate of drug-likeness (QED) is 0.749. The smallest absolute Gasteiger partial charge is 0.262 e. The lowest BCUT2D eigenvalue weighted by molar-refractivity contribution is -0.140. The normalized spacial score (nSPS) is 18.5. The van der Waals surface area contributed by atoms with Gasteiger partial charge in [0.1, 0.15) is 11.4 Å². The number of carbonyl (C=O) groups is 2. The van der Waals surface area contributed by atoms with E-state index in [1.165, 1.54) is 7.11 Å².